The summed E-state index contributed by atoms with van der Waals surface area (Å²) in [6.07, 6.45) is 4.24. The van der Waals surface area contributed by atoms with Gasteiger partial charge in [-0.2, -0.15) is 0 Å². The highest BCUT2D eigenvalue weighted by atomic mass is 32.2. The lowest BCUT2D eigenvalue weighted by atomic mass is 9.99. The van der Waals surface area contributed by atoms with Crippen LogP contribution in [-0.2, 0) is 4.74 Å². The zero-order chi connectivity index (χ0) is 19.9. The summed E-state index contributed by atoms with van der Waals surface area (Å²) in [5, 5.41) is 0. The zero-order valence-corrected chi connectivity index (χ0v) is 17.2. The average Bonchev–Trinajstić information content (AvgIpc) is 2.82. The van der Waals surface area contributed by atoms with Gasteiger partial charge in [-0.05, 0) is 24.3 Å². The smallest absolute Gasteiger partial charge is 0.172 e. The minimum atomic E-state index is -0.0712. The van der Waals surface area contributed by atoms with Crippen LogP contribution in [0.3, 0.4) is 0 Å². The molecule has 150 valence electrons. The van der Waals surface area contributed by atoms with E-state index >= 15 is 0 Å². The minimum Gasteiger partial charge on any atom is -0.470 e. The Hall–Kier alpha value is -2.73. The maximum absolute atomic E-state index is 6.54. The number of ether oxygens (including phenoxy) is 3. The van der Waals surface area contributed by atoms with Gasteiger partial charge in [-0.1, -0.05) is 60.3 Å². The van der Waals surface area contributed by atoms with Gasteiger partial charge in [0.25, 0.3) is 0 Å². The van der Waals surface area contributed by atoms with Gasteiger partial charge >= 0.3 is 0 Å². The van der Waals surface area contributed by atoms with Crippen molar-refractivity contribution in [3.05, 3.63) is 72.3 Å². The molecule has 4 nitrogen and oxygen atoms in total. The molecule has 0 aromatic heterocycles. The fourth-order valence-electron chi connectivity index (χ4n) is 4.16. The summed E-state index contributed by atoms with van der Waals surface area (Å²) in [5.74, 6) is 2.72. The number of morpholine rings is 1. The van der Waals surface area contributed by atoms with E-state index < -0.39 is 0 Å². The third kappa shape index (κ3) is 3.10. The Labute approximate surface area is 180 Å². The highest BCUT2D eigenvalue weighted by Crippen LogP contribution is 2.52. The molecule has 0 radical (unpaired) electrons. The lowest BCUT2D eigenvalue weighted by molar-refractivity contribution is -0.0258. The van der Waals surface area contributed by atoms with Crippen molar-refractivity contribution in [1.29, 1.82) is 0 Å². The summed E-state index contributed by atoms with van der Waals surface area (Å²) in [6, 6.07) is 20.8. The largest absolute Gasteiger partial charge is 0.470 e. The van der Waals surface area contributed by atoms with Crippen LogP contribution >= 0.6 is 11.8 Å². The predicted octanol–water partition coefficient (Wildman–Crippen LogP) is 5.67. The summed E-state index contributed by atoms with van der Waals surface area (Å²) in [5.41, 5.74) is 3.22. The molecule has 3 heterocycles. The number of hydrogen-bond acceptors (Lipinski definition) is 5. The number of fused-ring (bicyclic) bond motifs is 3. The summed E-state index contributed by atoms with van der Waals surface area (Å²) >= 11 is 1.75. The summed E-state index contributed by atoms with van der Waals surface area (Å²) in [6.45, 7) is 3.26. The van der Waals surface area contributed by atoms with E-state index in [0.29, 0.717) is 0 Å². The first-order chi connectivity index (χ1) is 14.9. The van der Waals surface area contributed by atoms with Crippen LogP contribution in [0.1, 0.15) is 5.56 Å². The number of rotatable bonds is 2. The topological polar surface area (TPSA) is 30.9 Å². The molecule has 6 rings (SSSR count). The molecule has 0 N–H and O–H groups in total. The lowest BCUT2D eigenvalue weighted by Crippen LogP contribution is -2.46. The number of para-hydroxylation sites is 3. The average molecular weight is 416 g/mol. The maximum atomic E-state index is 6.54. The van der Waals surface area contributed by atoms with E-state index in [1.54, 1.807) is 11.8 Å². The van der Waals surface area contributed by atoms with Crippen LogP contribution in [0.15, 0.2) is 76.5 Å². The van der Waals surface area contributed by atoms with Crippen LogP contribution in [-0.4, -0.2) is 37.4 Å². The van der Waals surface area contributed by atoms with E-state index in [9.17, 15) is 0 Å². The van der Waals surface area contributed by atoms with Gasteiger partial charge in [-0.25, -0.2) is 0 Å². The Bertz CT molecular complexity index is 1140. The molecule has 3 aromatic carbocycles. The Balaban J connectivity index is 1.41. The Kier molecular flexibility index (Phi) is 4.52. The second-order valence-electron chi connectivity index (χ2n) is 7.52. The molecule has 3 aromatic rings. The Morgan fingerprint density at radius 3 is 2.47 bits per heavy atom. The lowest BCUT2D eigenvalue weighted by Gasteiger charge is -2.35. The molecule has 0 spiro atoms. The second-order valence-corrected chi connectivity index (χ2v) is 8.61. The van der Waals surface area contributed by atoms with E-state index in [4.69, 9.17) is 14.2 Å². The van der Waals surface area contributed by atoms with Gasteiger partial charge in [-0.15, -0.1) is 0 Å². The van der Waals surface area contributed by atoms with E-state index in [1.807, 2.05) is 18.2 Å². The molecule has 1 atom stereocenters. The second kappa shape index (κ2) is 7.51. The van der Waals surface area contributed by atoms with Crippen LogP contribution in [0, 0.1) is 0 Å². The Morgan fingerprint density at radius 1 is 0.800 bits per heavy atom. The van der Waals surface area contributed by atoms with Crippen molar-refractivity contribution in [3.8, 4) is 28.4 Å². The van der Waals surface area contributed by atoms with E-state index in [0.717, 1.165) is 70.0 Å². The van der Waals surface area contributed by atoms with Crippen molar-refractivity contribution >= 4 is 17.8 Å². The first-order valence-electron chi connectivity index (χ1n) is 10.2. The van der Waals surface area contributed by atoms with Crippen molar-refractivity contribution in [2.24, 2.45) is 0 Å². The molecule has 5 heteroatoms. The van der Waals surface area contributed by atoms with Crippen LogP contribution in [0.4, 0.5) is 0 Å². The molecule has 30 heavy (non-hydrogen) atoms. The third-order valence-electron chi connectivity index (χ3n) is 5.68. The standard InChI is InChI=1S/C25H21NO3S/c1-2-9-21-20(8-1)28-25-19(7-4-10-22(25)30-21)18-6-3-5-17-11-12-23(29-24(17)18)26-13-15-27-16-14-26/h1-12,23H,13-16H2. The molecule has 0 amide bonds. The van der Waals surface area contributed by atoms with Gasteiger partial charge in [0.1, 0.15) is 17.2 Å². The van der Waals surface area contributed by atoms with Crippen molar-refractivity contribution in [2.45, 2.75) is 16.0 Å². The van der Waals surface area contributed by atoms with Crippen LogP contribution in [0.2, 0.25) is 0 Å². The highest BCUT2D eigenvalue weighted by Gasteiger charge is 2.27. The summed E-state index contributed by atoms with van der Waals surface area (Å²) < 4.78 is 18.4. The van der Waals surface area contributed by atoms with Crippen molar-refractivity contribution < 1.29 is 14.2 Å². The highest BCUT2D eigenvalue weighted by molar-refractivity contribution is 7.99. The number of benzene rings is 3. The van der Waals surface area contributed by atoms with Crippen LogP contribution in [0.25, 0.3) is 17.2 Å². The van der Waals surface area contributed by atoms with E-state index in [2.05, 4.69) is 59.5 Å². The normalized spacial score (nSPS) is 19.8. The minimum absolute atomic E-state index is 0.0712. The Morgan fingerprint density at radius 2 is 1.57 bits per heavy atom. The molecular formula is C25H21NO3S. The SMILES string of the molecule is C1=CC(N2CCOCC2)Oc2c1cccc2-c1cccc2c1Oc1ccccc1S2. The van der Waals surface area contributed by atoms with Gasteiger partial charge in [-0.3, -0.25) is 4.90 Å². The molecule has 1 fully saturated rings. The molecule has 3 aliphatic rings. The van der Waals surface area contributed by atoms with Gasteiger partial charge in [0.05, 0.1) is 23.0 Å². The van der Waals surface area contributed by atoms with Gasteiger partial charge in [0.2, 0.25) is 0 Å². The fourth-order valence-corrected chi connectivity index (χ4v) is 5.15. The van der Waals surface area contributed by atoms with Crippen molar-refractivity contribution in [1.82, 2.24) is 4.90 Å². The quantitative estimate of drug-likeness (QED) is 0.421. The number of hydrogen-bond donors (Lipinski definition) is 0. The van der Waals surface area contributed by atoms with Crippen LogP contribution in [0.5, 0.6) is 17.2 Å². The molecule has 0 aliphatic carbocycles. The molecule has 0 bridgehead atoms. The van der Waals surface area contributed by atoms with Gasteiger partial charge < -0.3 is 14.2 Å². The van der Waals surface area contributed by atoms with Gasteiger partial charge in [0, 0.05) is 29.8 Å². The molecule has 1 saturated heterocycles. The van der Waals surface area contributed by atoms with E-state index in [1.165, 1.54) is 0 Å². The third-order valence-corrected chi connectivity index (χ3v) is 6.78. The van der Waals surface area contributed by atoms with Crippen LogP contribution < -0.4 is 9.47 Å². The molecular weight excluding hydrogens is 394 g/mol. The first-order valence-corrected chi connectivity index (χ1v) is 11.1. The first kappa shape index (κ1) is 18.1. The molecule has 1 unspecified atom stereocenters. The zero-order valence-electron chi connectivity index (χ0n) is 16.4. The number of nitrogens with zero attached hydrogens (tertiary/aromatic N) is 1. The van der Waals surface area contributed by atoms with Gasteiger partial charge in [0.15, 0.2) is 6.23 Å². The summed E-state index contributed by atoms with van der Waals surface area (Å²) in [7, 11) is 0. The molecule has 0 saturated carbocycles. The van der Waals surface area contributed by atoms with Crippen molar-refractivity contribution in [3.63, 3.8) is 0 Å². The predicted molar refractivity (Wildman–Crippen MR) is 118 cm³/mol. The fraction of sp³-hybridized carbons (Fsp3) is 0.200. The maximum Gasteiger partial charge on any atom is 0.172 e. The van der Waals surface area contributed by atoms with Crippen molar-refractivity contribution in [2.75, 3.05) is 26.3 Å². The molecule has 3 aliphatic heterocycles. The monoisotopic (exact) mass is 415 g/mol. The summed E-state index contributed by atoms with van der Waals surface area (Å²) in [4.78, 5) is 4.59. The van der Waals surface area contributed by atoms with E-state index in [-0.39, 0.29) is 6.23 Å².